The molecular weight excluding hydrogens is 256 g/mol. The zero-order valence-corrected chi connectivity index (χ0v) is 12.6. The molecule has 0 N–H and O–H groups in total. The van der Waals surface area contributed by atoms with Crippen molar-refractivity contribution in [1.29, 1.82) is 0 Å². The van der Waals surface area contributed by atoms with Crippen molar-refractivity contribution >= 4 is 0 Å². The molecule has 0 unspecified atom stereocenters. The summed E-state index contributed by atoms with van der Waals surface area (Å²) < 4.78 is 5.60. The third kappa shape index (κ3) is 5.75. The zero-order valence-electron chi connectivity index (χ0n) is 12.6. The van der Waals surface area contributed by atoms with Gasteiger partial charge in [0, 0.05) is 12.0 Å². The molecule has 2 aromatic rings. The van der Waals surface area contributed by atoms with Crippen LogP contribution in [-0.4, -0.2) is 6.61 Å². The van der Waals surface area contributed by atoms with Crippen LogP contribution in [0.5, 0.6) is 5.75 Å². The molecule has 0 heterocycles. The van der Waals surface area contributed by atoms with E-state index in [1.54, 1.807) is 0 Å². The molecule has 108 valence electrons. The Morgan fingerprint density at radius 1 is 0.952 bits per heavy atom. The number of unbranched alkanes of at least 4 members (excludes halogenated alkanes) is 1. The molecule has 0 saturated heterocycles. The Morgan fingerprint density at radius 3 is 2.43 bits per heavy atom. The van der Waals surface area contributed by atoms with E-state index in [0.29, 0.717) is 6.61 Å². The molecule has 1 nitrogen and oxygen atoms in total. The van der Waals surface area contributed by atoms with Gasteiger partial charge in [-0.25, -0.2) is 0 Å². The SMILES string of the molecule is CCCCc1ccc(C#CCCOc2ccccc2)cc1. The normalized spacial score (nSPS) is 9.76. The quantitative estimate of drug-likeness (QED) is 0.542. The highest BCUT2D eigenvalue weighted by molar-refractivity contribution is 5.36. The molecule has 21 heavy (non-hydrogen) atoms. The maximum absolute atomic E-state index is 5.60. The Hall–Kier alpha value is -2.20. The van der Waals surface area contributed by atoms with Gasteiger partial charge in [0.2, 0.25) is 0 Å². The van der Waals surface area contributed by atoms with Gasteiger partial charge < -0.3 is 4.74 Å². The summed E-state index contributed by atoms with van der Waals surface area (Å²) in [7, 11) is 0. The Bertz CT molecular complexity index is 573. The fourth-order valence-electron chi connectivity index (χ4n) is 2.04. The standard InChI is InChI=1S/C20H22O/c1-2-3-9-18-13-15-19(16-14-18)10-7-8-17-21-20-11-5-4-6-12-20/h4-6,11-16H,2-3,8-9,17H2,1H3. The average molecular weight is 278 g/mol. The summed E-state index contributed by atoms with van der Waals surface area (Å²) in [6.07, 6.45) is 4.40. The summed E-state index contributed by atoms with van der Waals surface area (Å²) in [5.74, 6) is 7.25. The van der Waals surface area contributed by atoms with Crippen molar-refractivity contribution in [1.82, 2.24) is 0 Å². The number of para-hydroxylation sites is 1. The van der Waals surface area contributed by atoms with Crippen LogP contribution in [0.1, 0.15) is 37.3 Å². The van der Waals surface area contributed by atoms with Gasteiger partial charge in [-0.15, -0.1) is 0 Å². The lowest BCUT2D eigenvalue weighted by Crippen LogP contribution is -1.95. The third-order valence-corrected chi connectivity index (χ3v) is 3.24. The van der Waals surface area contributed by atoms with E-state index in [2.05, 4.69) is 43.0 Å². The Morgan fingerprint density at radius 2 is 1.71 bits per heavy atom. The van der Waals surface area contributed by atoms with Gasteiger partial charge >= 0.3 is 0 Å². The van der Waals surface area contributed by atoms with E-state index in [1.165, 1.54) is 18.4 Å². The second-order valence-electron chi connectivity index (χ2n) is 5.01. The highest BCUT2D eigenvalue weighted by atomic mass is 16.5. The van der Waals surface area contributed by atoms with Gasteiger partial charge in [-0.2, -0.15) is 0 Å². The largest absolute Gasteiger partial charge is 0.493 e. The van der Waals surface area contributed by atoms with Crippen molar-refractivity contribution in [2.24, 2.45) is 0 Å². The van der Waals surface area contributed by atoms with E-state index < -0.39 is 0 Å². The lowest BCUT2D eigenvalue weighted by Gasteiger charge is -2.02. The van der Waals surface area contributed by atoms with Crippen LogP contribution in [0.15, 0.2) is 54.6 Å². The summed E-state index contributed by atoms with van der Waals surface area (Å²) in [4.78, 5) is 0. The van der Waals surface area contributed by atoms with E-state index in [-0.39, 0.29) is 0 Å². The molecule has 2 rings (SSSR count). The van der Waals surface area contributed by atoms with E-state index in [9.17, 15) is 0 Å². The smallest absolute Gasteiger partial charge is 0.119 e. The van der Waals surface area contributed by atoms with Crippen molar-refractivity contribution in [2.45, 2.75) is 32.6 Å². The average Bonchev–Trinajstić information content (AvgIpc) is 2.55. The Kier molecular flexibility index (Phi) is 6.42. The van der Waals surface area contributed by atoms with Crippen molar-refractivity contribution in [3.8, 4) is 17.6 Å². The van der Waals surface area contributed by atoms with Crippen LogP contribution >= 0.6 is 0 Å². The summed E-state index contributed by atoms with van der Waals surface area (Å²) in [6.45, 7) is 2.85. The topological polar surface area (TPSA) is 9.23 Å². The molecule has 0 atom stereocenters. The number of ether oxygens (including phenoxy) is 1. The molecule has 0 bridgehead atoms. The molecule has 2 aromatic carbocycles. The van der Waals surface area contributed by atoms with Gasteiger partial charge in [-0.1, -0.05) is 55.5 Å². The lowest BCUT2D eigenvalue weighted by atomic mass is 10.1. The number of rotatable bonds is 6. The molecule has 0 aromatic heterocycles. The molecule has 0 radical (unpaired) electrons. The van der Waals surface area contributed by atoms with Crippen molar-refractivity contribution in [2.75, 3.05) is 6.61 Å². The Balaban J connectivity index is 1.75. The van der Waals surface area contributed by atoms with Crippen molar-refractivity contribution < 1.29 is 4.74 Å². The molecule has 0 aliphatic carbocycles. The minimum Gasteiger partial charge on any atom is -0.493 e. The zero-order chi connectivity index (χ0) is 14.8. The molecule has 0 aliphatic heterocycles. The monoisotopic (exact) mass is 278 g/mol. The predicted molar refractivity (Wildman–Crippen MR) is 88.5 cm³/mol. The van der Waals surface area contributed by atoms with Crippen LogP contribution in [-0.2, 0) is 6.42 Å². The maximum Gasteiger partial charge on any atom is 0.119 e. The van der Waals surface area contributed by atoms with Gasteiger partial charge in [0.15, 0.2) is 0 Å². The first-order valence-electron chi connectivity index (χ1n) is 7.64. The Labute approximate surface area is 128 Å². The minimum absolute atomic E-state index is 0.631. The molecule has 0 amide bonds. The van der Waals surface area contributed by atoms with Gasteiger partial charge in [0.25, 0.3) is 0 Å². The summed E-state index contributed by atoms with van der Waals surface area (Å²) in [6, 6.07) is 18.4. The number of benzene rings is 2. The summed E-state index contributed by atoms with van der Waals surface area (Å²) in [5, 5.41) is 0. The number of aryl methyl sites for hydroxylation is 1. The summed E-state index contributed by atoms with van der Waals surface area (Å²) in [5.41, 5.74) is 2.48. The van der Waals surface area contributed by atoms with Crippen LogP contribution < -0.4 is 4.74 Å². The fraction of sp³-hybridized carbons (Fsp3) is 0.300. The number of hydrogen-bond donors (Lipinski definition) is 0. The third-order valence-electron chi connectivity index (χ3n) is 3.24. The van der Waals surface area contributed by atoms with Gasteiger partial charge in [0.1, 0.15) is 5.75 Å². The highest BCUT2D eigenvalue weighted by Crippen LogP contribution is 2.09. The second kappa shape index (κ2) is 8.87. The first-order chi connectivity index (χ1) is 10.4. The highest BCUT2D eigenvalue weighted by Gasteiger charge is 1.92. The van der Waals surface area contributed by atoms with Crippen LogP contribution in [0, 0.1) is 11.8 Å². The molecule has 0 saturated carbocycles. The molecule has 0 fully saturated rings. The lowest BCUT2D eigenvalue weighted by molar-refractivity contribution is 0.327. The maximum atomic E-state index is 5.60. The van der Waals surface area contributed by atoms with E-state index in [0.717, 1.165) is 24.2 Å². The van der Waals surface area contributed by atoms with Crippen LogP contribution in [0.2, 0.25) is 0 Å². The van der Waals surface area contributed by atoms with Crippen LogP contribution in [0.3, 0.4) is 0 Å². The van der Waals surface area contributed by atoms with Crippen molar-refractivity contribution in [3.63, 3.8) is 0 Å². The van der Waals surface area contributed by atoms with E-state index in [4.69, 9.17) is 4.74 Å². The molecule has 0 spiro atoms. The first-order valence-corrected chi connectivity index (χ1v) is 7.64. The fourth-order valence-corrected chi connectivity index (χ4v) is 2.04. The van der Waals surface area contributed by atoms with E-state index in [1.807, 2.05) is 30.3 Å². The van der Waals surface area contributed by atoms with Crippen LogP contribution in [0.25, 0.3) is 0 Å². The van der Waals surface area contributed by atoms with Crippen LogP contribution in [0.4, 0.5) is 0 Å². The van der Waals surface area contributed by atoms with E-state index >= 15 is 0 Å². The minimum atomic E-state index is 0.631. The van der Waals surface area contributed by atoms with Gasteiger partial charge in [-0.05, 0) is 42.7 Å². The predicted octanol–water partition coefficient (Wildman–Crippen LogP) is 4.85. The summed E-state index contributed by atoms with van der Waals surface area (Å²) >= 11 is 0. The van der Waals surface area contributed by atoms with Gasteiger partial charge in [0.05, 0.1) is 6.61 Å². The van der Waals surface area contributed by atoms with Gasteiger partial charge in [-0.3, -0.25) is 0 Å². The first kappa shape index (κ1) is 15.2. The second-order valence-corrected chi connectivity index (χ2v) is 5.01. The number of hydrogen-bond acceptors (Lipinski definition) is 1. The molecule has 0 aliphatic rings. The van der Waals surface area contributed by atoms with Crippen molar-refractivity contribution in [3.05, 3.63) is 65.7 Å². The molecular formula is C20H22O. The molecule has 1 heteroatoms.